The minimum atomic E-state index is -0.0262. The third-order valence-electron chi connectivity index (χ3n) is 7.54. The molecule has 4 aliphatic carbocycles. The number of nitrogens with zero attached hydrogens (tertiary/aromatic N) is 3. The van der Waals surface area contributed by atoms with Crippen LogP contribution in [0.5, 0.6) is 0 Å². The van der Waals surface area contributed by atoms with Crippen LogP contribution in [0.2, 0.25) is 0 Å². The summed E-state index contributed by atoms with van der Waals surface area (Å²) in [6.45, 7) is 4.55. The third kappa shape index (κ3) is 3.27. The molecule has 1 aliphatic heterocycles. The zero-order chi connectivity index (χ0) is 19.3. The molecule has 4 saturated carbocycles. The molecule has 1 saturated heterocycles. The SMILES string of the molecule is CC(=O)N1CCN(c2cccc(C(=O)NC3C4CC5CC(C4)CC3C5)n2)CC1. The van der Waals surface area contributed by atoms with Gasteiger partial charge >= 0.3 is 0 Å². The number of aromatic nitrogens is 1. The van der Waals surface area contributed by atoms with E-state index in [0.717, 1.165) is 30.7 Å². The predicted octanol–water partition coefficient (Wildman–Crippen LogP) is 2.30. The Morgan fingerprint density at radius 2 is 1.61 bits per heavy atom. The average molecular weight is 383 g/mol. The minimum Gasteiger partial charge on any atom is -0.353 e. The predicted molar refractivity (Wildman–Crippen MR) is 107 cm³/mol. The molecule has 28 heavy (non-hydrogen) atoms. The van der Waals surface area contributed by atoms with Gasteiger partial charge in [0.1, 0.15) is 11.5 Å². The summed E-state index contributed by atoms with van der Waals surface area (Å²) in [6.07, 6.45) is 6.61. The summed E-state index contributed by atoms with van der Waals surface area (Å²) in [7, 11) is 0. The van der Waals surface area contributed by atoms with Gasteiger partial charge in [0.05, 0.1) is 0 Å². The van der Waals surface area contributed by atoms with E-state index >= 15 is 0 Å². The lowest BCUT2D eigenvalue weighted by molar-refractivity contribution is -0.129. The molecular weight excluding hydrogens is 352 g/mol. The van der Waals surface area contributed by atoms with Gasteiger partial charge in [-0.3, -0.25) is 9.59 Å². The maximum absolute atomic E-state index is 13.0. The Bertz CT molecular complexity index is 744. The quantitative estimate of drug-likeness (QED) is 0.871. The van der Waals surface area contributed by atoms with Crippen molar-refractivity contribution in [2.75, 3.05) is 31.1 Å². The van der Waals surface area contributed by atoms with Crippen molar-refractivity contribution in [3.05, 3.63) is 23.9 Å². The molecule has 2 heterocycles. The standard InChI is InChI=1S/C22H30N4O2/c1-14(27)25-5-7-26(8-6-25)20-4-2-3-19(23-20)22(28)24-21-17-10-15-9-16(12-17)13-18(21)11-15/h2-4,15-18,21H,5-13H2,1H3,(H,24,28). The number of rotatable bonds is 3. The number of pyridine rings is 1. The molecule has 6 rings (SSSR count). The van der Waals surface area contributed by atoms with Crippen molar-refractivity contribution >= 4 is 17.6 Å². The molecule has 1 aromatic heterocycles. The highest BCUT2D eigenvalue weighted by atomic mass is 16.2. The average Bonchev–Trinajstić information content (AvgIpc) is 2.70. The fourth-order valence-corrected chi connectivity index (χ4v) is 6.36. The van der Waals surface area contributed by atoms with Crippen molar-refractivity contribution in [2.45, 2.75) is 45.1 Å². The molecule has 0 spiro atoms. The lowest BCUT2D eigenvalue weighted by atomic mass is 9.54. The van der Waals surface area contributed by atoms with Crippen molar-refractivity contribution in [3.8, 4) is 0 Å². The molecular formula is C22H30N4O2. The van der Waals surface area contributed by atoms with Gasteiger partial charge in [0.25, 0.3) is 5.91 Å². The summed E-state index contributed by atoms with van der Waals surface area (Å²) in [5.41, 5.74) is 0.514. The topological polar surface area (TPSA) is 65.5 Å². The summed E-state index contributed by atoms with van der Waals surface area (Å²) in [4.78, 5) is 33.2. The number of carbonyl (C=O) groups excluding carboxylic acids is 2. The van der Waals surface area contributed by atoms with Gasteiger partial charge in [0, 0.05) is 39.1 Å². The first-order valence-corrected chi connectivity index (χ1v) is 10.8. The number of hydrogen-bond donors (Lipinski definition) is 1. The summed E-state index contributed by atoms with van der Waals surface area (Å²) < 4.78 is 0. The maximum atomic E-state index is 13.0. The Morgan fingerprint density at radius 3 is 2.21 bits per heavy atom. The lowest BCUT2D eigenvalue weighted by Crippen LogP contribution is -2.55. The Morgan fingerprint density at radius 1 is 0.964 bits per heavy atom. The van der Waals surface area contributed by atoms with Gasteiger partial charge in [-0.2, -0.15) is 0 Å². The van der Waals surface area contributed by atoms with Crippen LogP contribution in [0, 0.1) is 23.7 Å². The van der Waals surface area contributed by atoms with Gasteiger partial charge in [0.15, 0.2) is 0 Å². The zero-order valence-corrected chi connectivity index (χ0v) is 16.6. The summed E-state index contributed by atoms with van der Waals surface area (Å²) in [5.74, 6) is 4.08. The number of anilines is 1. The van der Waals surface area contributed by atoms with E-state index in [1.807, 2.05) is 23.1 Å². The molecule has 2 amide bonds. The van der Waals surface area contributed by atoms with E-state index < -0.39 is 0 Å². The Balaban J connectivity index is 1.25. The van der Waals surface area contributed by atoms with Gasteiger partial charge in [-0.15, -0.1) is 0 Å². The maximum Gasteiger partial charge on any atom is 0.270 e. The summed E-state index contributed by atoms with van der Waals surface area (Å²) in [6, 6.07) is 6.04. The van der Waals surface area contributed by atoms with Gasteiger partial charge in [-0.05, 0) is 67.9 Å². The van der Waals surface area contributed by atoms with Crippen molar-refractivity contribution in [3.63, 3.8) is 0 Å². The minimum absolute atomic E-state index is 0.0262. The van der Waals surface area contributed by atoms with Crippen LogP contribution in [0.3, 0.4) is 0 Å². The molecule has 1 N–H and O–H groups in total. The summed E-state index contributed by atoms with van der Waals surface area (Å²) >= 11 is 0. The van der Waals surface area contributed by atoms with Crippen LogP contribution < -0.4 is 10.2 Å². The Labute approximate surface area is 166 Å². The van der Waals surface area contributed by atoms with Crippen molar-refractivity contribution in [1.82, 2.24) is 15.2 Å². The molecule has 0 unspecified atom stereocenters. The molecule has 0 aromatic carbocycles. The molecule has 5 fully saturated rings. The molecule has 1 aromatic rings. The fraction of sp³-hybridized carbons (Fsp3) is 0.682. The molecule has 6 nitrogen and oxygen atoms in total. The molecule has 4 bridgehead atoms. The smallest absolute Gasteiger partial charge is 0.270 e. The summed E-state index contributed by atoms with van der Waals surface area (Å²) in [5, 5.41) is 3.36. The van der Waals surface area contributed by atoms with E-state index in [0.29, 0.717) is 36.7 Å². The monoisotopic (exact) mass is 382 g/mol. The number of piperazine rings is 1. The first-order chi connectivity index (χ1) is 13.6. The second-order valence-corrected chi connectivity index (χ2v) is 9.30. The van der Waals surface area contributed by atoms with Gasteiger partial charge in [-0.1, -0.05) is 6.07 Å². The van der Waals surface area contributed by atoms with Crippen LogP contribution >= 0.6 is 0 Å². The van der Waals surface area contributed by atoms with E-state index in [1.54, 1.807) is 6.92 Å². The van der Waals surface area contributed by atoms with E-state index in [-0.39, 0.29) is 11.8 Å². The van der Waals surface area contributed by atoms with Crippen LogP contribution in [0.25, 0.3) is 0 Å². The first kappa shape index (κ1) is 18.0. The van der Waals surface area contributed by atoms with Crippen molar-refractivity contribution in [1.29, 1.82) is 0 Å². The van der Waals surface area contributed by atoms with Gasteiger partial charge < -0.3 is 15.1 Å². The molecule has 150 valence electrons. The van der Waals surface area contributed by atoms with Crippen LogP contribution in [0.4, 0.5) is 5.82 Å². The van der Waals surface area contributed by atoms with E-state index in [9.17, 15) is 9.59 Å². The second kappa shape index (κ2) is 7.05. The second-order valence-electron chi connectivity index (χ2n) is 9.30. The van der Waals surface area contributed by atoms with Crippen LogP contribution in [-0.4, -0.2) is 53.9 Å². The van der Waals surface area contributed by atoms with E-state index in [1.165, 1.54) is 32.1 Å². The van der Waals surface area contributed by atoms with Crippen molar-refractivity contribution < 1.29 is 9.59 Å². The molecule has 5 aliphatic rings. The Kier molecular flexibility index (Phi) is 4.52. The number of nitrogens with one attached hydrogen (secondary N) is 1. The fourth-order valence-electron chi connectivity index (χ4n) is 6.36. The first-order valence-electron chi connectivity index (χ1n) is 10.8. The van der Waals surface area contributed by atoms with Crippen molar-refractivity contribution in [2.24, 2.45) is 23.7 Å². The zero-order valence-electron chi connectivity index (χ0n) is 16.6. The Hall–Kier alpha value is -2.11. The van der Waals surface area contributed by atoms with Crippen LogP contribution in [0.1, 0.15) is 49.5 Å². The number of amides is 2. The van der Waals surface area contributed by atoms with Gasteiger partial charge in [-0.25, -0.2) is 4.98 Å². The van der Waals surface area contributed by atoms with Crippen LogP contribution in [-0.2, 0) is 4.79 Å². The highest BCUT2D eigenvalue weighted by Crippen LogP contribution is 2.53. The largest absolute Gasteiger partial charge is 0.353 e. The molecule has 0 radical (unpaired) electrons. The normalized spacial score (nSPS) is 33.8. The molecule has 6 heteroatoms. The lowest BCUT2D eigenvalue weighted by Gasteiger charge is -2.54. The van der Waals surface area contributed by atoms with Crippen LogP contribution in [0.15, 0.2) is 18.2 Å². The number of hydrogen-bond acceptors (Lipinski definition) is 4. The highest BCUT2D eigenvalue weighted by molar-refractivity contribution is 5.93. The van der Waals surface area contributed by atoms with Gasteiger partial charge in [0.2, 0.25) is 5.91 Å². The third-order valence-corrected chi connectivity index (χ3v) is 7.54. The highest BCUT2D eigenvalue weighted by Gasteiger charge is 2.48. The number of carbonyl (C=O) groups is 2. The van der Waals surface area contributed by atoms with E-state index in [2.05, 4.69) is 15.2 Å². The van der Waals surface area contributed by atoms with E-state index in [4.69, 9.17) is 0 Å². The molecule has 0 atom stereocenters.